The molecular formula is C13H9BBr2F2N4. The lowest BCUT2D eigenvalue weighted by Gasteiger charge is -2.31. The highest BCUT2D eigenvalue weighted by molar-refractivity contribution is 9.18. The van der Waals surface area contributed by atoms with Crippen molar-refractivity contribution in [1.82, 2.24) is 14.0 Å². The molecular weight excluding hydrogens is 421 g/mol. The van der Waals surface area contributed by atoms with E-state index in [1.807, 2.05) is 11.6 Å². The number of aryl methyl sites for hydroxylation is 1. The lowest BCUT2D eigenvalue weighted by molar-refractivity contribution is -0.358. The van der Waals surface area contributed by atoms with Gasteiger partial charge in [0, 0.05) is 40.8 Å². The average Bonchev–Trinajstić information content (AvgIpc) is 3.12. The third-order valence-electron chi connectivity index (χ3n) is 3.94. The van der Waals surface area contributed by atoms with Crippen LogP contribution in [0.5, 0.6) is 0 Å². The van der Waals surface area contributed by atoms with E-state index in [0.717, 1.165) is 20.2 Å². The highest BCUT2D eigenvalue weighted by Crippen LogP contribution is 2.41. The van der Waals surface area contributed by atoms with Crippen LogP contribution in [-0.2, 0) is 7.05 Å². The van der Waals surface area contributed by atoms with Gasteiger partial charge in [-0.1, -0.05) is 0 Å². The smallest absolute Gasteiger partial charge is 0.389 e. The summed E-state index contributed by atoms with van der Waals surface area (Å²) in [6.45, 7) is -3.97. The summed E-state index contributed by atoms with van der Waals surface area (Å²) in [5, 5.41) is 0. The lowest BCUT2D eigenvalue weighted by Crippen LogP contribution is -2.50. The molecule has 2 aromatic rings. The van der Waals surface area contributed by atoms with Crippen molar-refractivity contribution in [3.05, 3.63) is 58.5 Å². The molecule has 0 saturated carbocycles. The molecule has 4 rings (SSSR count). The number of rotatable bonds is 1. The van der Waals surface area contributed by atoms with Gasteiger partial charge in [0.2, 0.25) is 4.62 Å². The van der Waals surface area contributed by atoms with Crippen molar-refractivity contribution in [2.45, 2.75) is 0 Å². The Morgan fingerprint density at radius 2 is 1.95 bits per heavy atom. The maximum absolute atomic E-state index is 15.0. The van der Waals surface area contributed by atoms with E-state index in [1.54, 1.807) is 36.8 Å². The number of halogens is 4. The second-order valence-electron chi connectivity index (χ2n) is 5.18. The zero-order chi connectivity index (χ0) is 15.6. The fourth-order valence-corrected chi connectivity index (χ4v) is 4.13. The topological polar surface area (TPSA) is 25.8 Å². The molecule has 112 valence electrons. The highest BCUT2D eigenvalue weighted by Gasteiger charge is 2.54. The van der Waals surface area contributed by atoms with Gasteiger partial charge < -0.3 is 22.2 Å². The third kappa shape index (κ3) is 1.66. The number of aromatic nitrogens is 3. The first-order valence-corrected chi connectivity index (χ1v) is 8.12. The van der Waals surface area contributed by atoms with E-state index in [1.165, 1.54) is 0 Å². The van der Waals surface area contributed by atoms with Gasteiger partial charge >= 0.3 is 6.97 Å². The number of hydrogen-bond acceptors (Lipinski definition) is 1. The van der Waals surface area contributed by atoms with Gasteiger partial charge in [0.15, 0.2) is 5.70 Å². The van der Waals surface area contributed by atoms with Crippen LogP contribution in [0.2, 0.25) is 0 Å². The number of fused-ring (bicyclic) bond motifs is 2. The van der Waals surface area contributed by atoms with E-state index in [9.17, 15) is 8.63 Å². The van der Waals surface area contributed by atoms with E-state index >= 15 is 0 Å². The molecule has 0 bridgehead atoms. The molecule has 0 N–H and O–H groups in total. The molecule has 0 spiro atoms. The van der Waals surface area contributed by atoms with E-state index in [0.29, 0.717) is 20.6 Å². The van der Waals surface area contributed by atoms with E-state index in [-0.39, 0.29) is 0 Å². The van der Waals surface area contributed by atoms with Gasteiger partial charge in [-0.25, -0.2) is 4.98 Å². The largest absolute Gasteiger partial charge is 0.738 e. The van der Waals surface area contributed by atoms with Crippen molar-refractivity contribution < 1.29 is 13.1 Å². The van der Waals surface area contributed by atoms with Crippen LogP contribution in [0.3, 0.4) is 0 Å². The summed E-state index contributed by atoms with van der Waals surface area (Å²) in [6, 6.07) is 3.34. The molecule has 0 radical (unpaired) electrons. The van der Waals surface area contributed by atoms with Gasteiger partial charge in [-0.05, 0) is 28.1 Å². The average molecular weight is 430 g/mol. The van der Waals surface area contributed by atoms with Crippen molar-refractivity contribution in [2.24, 2.45) is 7.05 Å². The summed E-state index contributed by atoms with van der Waals surface area (Å²) in [6.07, 6.45) is 6.68. The molecule has 9 heteroatoms. The Bertz CT molecular complexity index is 907. The van der Waals surface area contributed by atoms with Crippen molar-refractivity contribution in [3.63, 3.8) is 0 Å². The minimum absolute atomic E-state index is 0.346. The molecule has 0 saturated heterocycles. The van der Waals surface area contributed by atoms with E-state index in [4.69, 9.17) is 0 Å². The molecule has 2 aliphatic rings. The summed E-state index contributed by atoms with van der Waals surface area (Å²) in [7, 11) is 1.85. The van der Waals surface area contributed by atoms with Crippen LogP contribution in [0.25, 0.3) is 5.57 Å². The summed E-state index contributed by atoms with van der Waals surface area (Å²) in [4.78, 5) is 4.11. The summed E-state index contributed by atoms with van der Waals surface area (Å²) in [5.74, 6) is 0. The summed E-state index contributed by atoms with van der Waals surface area (Å²) in [5.41, 5.74) is 2.45. The Hall–Kier alpha value is -1.48. The van der Waals surface area contributed by atoms with Crippen LogP contribution < -0.4 is 0 Å². The van der Waals surface area contributed by atoms with Crippen LogP contribution in [-0.4, -0.2) is 30.1 Å². The number of allylic oxidation sites excluding steroid dienone is 2. The monoisotopic (exact) mass is 428 g/mol. The molecule has 22 heavy (non-hydrogen) atoms. The molecule has 2 aromatic heterocycles. The fraction of sp³-hybridized carbons (Fsp3) is 0.0769. The zero-order valence-electron chi connectivity index (χ0n) is 11.3. The first-order chi connectivity index (χ1) is 10.4. The summed E-state index contributed by atoms with van der Waals surface area (Å²) >= 11 is 6.47. The maximum Gasteiger partial charge on any atom is 0.738 e. The Labute approximate surface area is 141 Å². The molecule has 0 aromatic carbocycles. The maximum atomic E-state index is 15.0. The van der Waals surface area contributed by atoms with Crippen LogP contribution in [0.4, 0.5) is 8.63 Å². The fourth-order valence-electron chi connectivity index (χ4n) is 2.99. The summed E-state index contributed by atoms with van der Waals surface area (Å²) < 4.78 is 34.6. The standard InChI is InChI=1S/C13H9BBr2F2N4/c1-20-7-19-6-10(20)13-8-2-4-11(15)21(8)14(17,18)22-9(13)3-5-12(22)16/h2-7H,1H3. The Morgan fingerprint density at radius 1 is 1.18 bits per heavy atom. The number of nitrogens with zero attached hydrogens (tertiary/aromatic N) is 4. The first-order valence-electron chi connectivity index (χ1n) is 6.53. The molecule has 4 heterocycles. The number of hydrogen-bond donors (Lipinski definition) is 0. The van der Waals surface area contributed by atoms with Crippen LogP contribution in [0.1, 0.15) is 11.4 Å². The van der Waals surface area contributed by atoms with Crippen molar-refractivity contribution >= 4 is 49.0 Å². The Morgan fingerprint density at radius 3 is 2.64 bits per heavy atom. The van der Waals surface area contributed by atoms with Crippen molar-refractivity contribution in [2.75, 3.05) is 0 Å². The lowest BCUT2D eigenvalue weighted by atomic mass is 9.88. The molecule has 0 aliphatic carbocycles. The Kier molecular flexibility index (Phi) is 2.90. The zero-order valence-corrected chi connectivity index (χ0v) is 14.5. The molecule has 0 amide bonds. The van der Waals surface area contributed by atoms with Gasteiger partial charge in [0.05, 0.1) is 28.4 Å². The molecule has 0 unspecified atom stereocenters. The van der Waals surface area contributed by atoms with Crippen LogP contribution in [0, 0.1) is 0 Å². The highest BCUT2D eigenvalue weighted by atomic mass is 79.9. The van der Waals surface area contributed by atoms with Crippen molar-refractivity contribution in [3.8, 4) is 0 Å². The second-order valence-corrected chi connectivity index (χ2v) is 6.80. The van der Waals surface area contributed by atoms with Gasteiger partial charge in [0.1, 0.15) is 0 Å². The van der Waals surface area contributed by atoms with E-state index in [2.05, 4.69) is 36.8 Å². The van der Waals surface area contributed by atoms with Gasteiger partial charge in [0.25, 0.3) is 0 Å². The predicted octanol–water partition coefficient (Wildman–Crippen LogP) is 3.36. The van der Waals surface area contributed by atoms with Crippen LogP contribution >= 0.6 is 31.9 Å². The second kappa shape index (κ2) is 4.51. The van der Waals surface area contributed by atoms with Crippen molar-refractivity contribution in [1.29, 1.82) is 0 Å². The number of imidazole rings is 1. The molecule has 4 nitrogen and oxygen atoms in total. The minimum atomic E-state index is -3.97. The van der Waals surface area contributed by atoms with Gasteiger partial charge in [-0.15, -0.1) is 0 Å². The normalized spacial score (nSPS) is 19.0. The van der Waals surface area contributed by atoms with Gasteiger partial charge in [-0.2, -0.15) is 0 Å². The Balaban J connectivity index is 2.15. The molecule has 0 fully saturated rings. The quantitative estimate of drug-likeness (QED) is 0.638. The van der Waals surface area contributed by atoms with Crippen LogP contribution in [0.15, 0.2) is 47.1 Å². The minimum Gasteiger partial charge on any atom is -0.389 e. The SMILES string of the molecule is Cn1cncc1C1=C2C=CC(Br)=[N+]2[B-](F)(F)n2c(Br)ccc21. The van der Waals surface area contributed by atoms with Gasteiger partial charge in [-0.3, -0.25) is 0 Å². The van der Waals surface area contributed by atoms with E-state index < -0.39 is 6.97 Å². The third-order valence-corrected chi connectivity index (χ3v) is 5.24. The molecule has 2 aliphatic heterocycles. The molecule has 0 atom stereocenters. The first kappa shape index (κ1) is 14.1. The predicted molar refractivity (Wildman–Crippen MR) is 88.1 cm³/mol.